The van der Waals surface area contributed by atoms with Crippen LogP contribution in [0, 0.1) is 11.8 Å². The number of rotatable bonds is 4. The van der Waals surface area contributed by atoms with Crippen molar-refractivity contribution < 1.29 is 33.8 Å². The molecule has 1 spiro atoms. The summed E-state index contributed by atoms with van der Waals surface area (Å²) in [4.78, 5) is 58.9. The Kier molecular flexibility index (Phi) is 8.42. The summed E-state index contributed by atoms with van der Waals surface area (Å²) in [5.74, 6) is -3.28. The molecule has 230 valence electrons. The van der Waals surface area contributed by atoms with E-state index in [1.165, 1.54) is 4.90 Å². The van der Waals surface area contributed by atoms with Gasteiger partial charge in [-0.1, -0.05) is 73.9 Å². The van der Waals surface area contributed by atoms with E-state index < -0.39 is 47.6 Å². The second-order valence-electron chi connectivity index (χ2n) is 12.4. The Balaban J connectivity index is 1.41. The minimum atomic E-state index is -1.38. The van der Waals surface area contributed by atoms with E-state index in [9.17, 15) is 24.3 Å². The van der Waals surface area contributed by atoms with E-state index in [2.05, 4.69) is 5.32 Å². The molecule has 1 aliphatic carbocycles. The van der Waals surface area contributed by atoms with Crippen LogP contribution in [0.25, 0.3) is 0 Å². The topological polar surface area (TPSA) is 125 Å². The summed E-state index contributed by atoms with van der Waals surface area (Å²) in [7, 11) is 0. The van der Waals surface area contributed by atoms with Gasteiger partial charge in [-0.05, 0) is 31.7 Å². The molecule has 10 heteroatoms. The maximum absolute atomic E-state index is 14.5. The SMILES string of the molecule is C[C@H](CO)N1C(=O)[C@H]2[C@@H]3C(=O)N[C@@H](c4ccccc4)COC(=O)CC/C=C\[C@@H]3O[C@]23C=CCN(C2CCCCC2)C(=O)[C@H]13. The summed E-state index contributed by atoms with van der Waals surface area (Å²) in [6.45, 7) is 1.75. The number of aliphatic hydroxyl groups is 1. The Bertz CT molecular complexity index is 1290. The number of amides is 3. The molecule has 6 rings (SSSR count). The van der Waals surface area contributed by atoms with E-state index in [4.69, 9.17) is 9.47 Å². The van der Waals surface area contributed by atoms with Gasteiger partial charge in [0.1, 0.15) is 18.2 Å². The predicted molar refractivity (Wildman–Crippen MR) is 156 cm³/mol. The predicted octanol–water partition coefficient (Wildman–Crippen LogP) is 2.43. The van der Waals surface area contributed by atoms with Crippen molar-refractivity contribution in [1.29, 1.82) is 0 Å². The zero-order valence-corrected chi connectivity index (χ0v) is 24.6. The van der Waals surface area contributed by atoms with Gasteiger partial charge in [-0.2, -0.15) is 0 Å². The van der Waals surface area contributed by atoms with Crippen molar-refractivity contribution >= 4 is 23.7 Å². The summed E-state index contributed by atoms with van der Waals surface area (Å²) in [6, 6.07) is 7.04. The molecule has 5 aliphatic rings. The van der Waals surface area contributed by atoms with E-state index in [-0.39, 0.29) is 43.5 Å². The van der Waals surface area contributed by atoms with E-state index >= 15 is 0 Å². The van der Waals surface area contributed by atoms with Crippen molar-refractivity contribution in [3.8, 4) is 0 Å². The first-order chi connectivity index (χ1) is 20.9. The molecule has 2 saturated heterocycles. The quantitative estimate of drug-likeness (QED) is 0.407. The van der Waals surface area contributed by atoms with Crippen LogP contribution in [0.15, 0.2) is 54.6 Å². The van der Waals surface area contributed by atoms with Gasteiger partial charge < -0.3 is 29.7 Å². The molecule has 1 saturated carbocycles. The van der Waals surface area contributed by atoms with Gasteiger partial charge in [-0.3, -0.25) is 19.2 Å². The fraction of sp³-hybridized carbons (Fsp3) is 0.576. The van der Waals surface area contributed by atoms with E-state index in [0.717, 1.165) is 37.7 Å². The van der Waals surface area contributed by atoms with Crippen LogP contribution in [0.4, 0.5) is 0 Å². The van der Waals surface area contributed by atoms with Crippen molar-refractivity contribution in [1.82, 2.24) is 15.1 Å². The van der Waals surface area contributed by atoms with E-state index in [1.54, 1.807) is 19.1 Å². The summed E-state index contributed by atoms with van der Waals surface area (Å²) >= 11 is 0. The lowest BCUT2D eigenvalue weighted by Gasteiger charge is -2.40. The first-order valence-electron chi connectivity index (χ1n) is 15.6. The molecule has 43 heavy (non-hydrogen) atoms. The van der Waals surface area contributed by atoms with Gasteiger partial charge >= 0.3 is 5.97 Å². The minimum Gasteiger partial charge on any atom is -0.463 e. The number of benzene rings is 1. The van der Waals surface area contributed by atoms with Crippen LogP contribution in [-0.4, -0.2) is 88.2 Å². The smallest absolute Gasteiger partial charge is 0.306 e. The number of nitrogens with one attached hydrogen (secondary N) is 1. The third-order valence-corrected chi connectivity index (χ3v) is 9.79. The fourth-order valence-corrected chi connectivity index (χ4v) is 7.68. The number of aliphatic hydroxyl groups excluding tert-OH is 1. The number of hydrogen-bond acceptors (Lipinski definition) is 7. The molecule has 4 heterocycles. The summed E-state index contributed by atoms with van der Waals surface area (Å²) in [5.41, 5.74) is -0.618. The Morgan fingerprint density at radius 2 is 1.81 bits per heavy atom. The van der Waals surface area contributed by atoms with Gasteiger partial charge in [0.25, 0.3) is 0 Å². The average molecular weight is 592 g/mol. The zero-order valence-electron chi connectivity index (χ0n) is 24.6. The second kappa shape index (κ2) is 12.2. The van der Waals surface area contributed by atoms with Crippen molar-refractivity contribution in [3.63, 3.8) is 0 Å². The second-order valence-corrected chi connectivity index (χ2v) is 12.4. The van der Waals surface area contributed by atoms with Crippen molar-refractivity contribution in [2.75, 3.05) is 19.8 Å². The van der Waals surface area contributed by atoms with E-state index in [1.807, 2.05) is 47.4 Å². The normalized spacial score (nSPS) is 35.1. The highest BCUT2D eigenvalue weighted by Crippen LogP contribution is 2.53. The number of likely N-dealkylation sites (tertiary alicyclic amines) is 1. The molecule has 7 atom stereocenters. The van der Waals surface area contributed by atoms with Gasteiger partial charge in [0.2, 0.25) is 17.7 Å². The molecule has 0 unspecified atom stereocenters. The molecule has 10 nitrogen and oxygen atoms in total. The number of fused-ring (bicyclic) bond motifs is 2. The minimum absolute atomic E-state index is 0.0503. The molecule has 1 aromatic carbocycles. The molecule has 0 radical (unpaired) electrons. The number of esters is 1. The monoisotopic (exact) mass is 591 g/mol. The Morgan fingerprint density at radius 1 is 1.05 bits per heavy atom. The summed E-state index contributed by atoms with van der Waals surface area (Å²) in [5, 5.41) is 13.2. The molecule has 3 amide bonds. The number of ether oxygens (including phenoxy) is 2. The molecular formula is C33H41N3O7. The highest BCUT2D eigenvalue weighted by molar-refractivity contribution is 6.00. The third kappa shape index (κ3) is 5.29. The van der Waals surface area contributed by atoms with Crippen LogP contribution >= 0.6 is 0 Å². The number of cyclic esters (lactones) is 1. The number of nitrogens with zero attached hydrogens (tertiary/aromatic N) is 2. The van der Waals surface area contributed by atoms with Gasteiger partial charge in [0.05, 0.1) is 36.6 Å². The Labute approximate surface area is 252 Å². The number of carbonyl (C=O) groups is 4. The van der Waals surface area contributed by atoms with Crippen LogP contribution in [-0.2, 0) is 28.7 Å². The molecular weight excluding hydrogens is 550 g/mol. The van der Waals surface area contributed by atoms with Crippen LogP contribution in [0.2, 0.25) is 0 Å². The van der Waals surface area contributed by atoms with Crippen molar-refractivity contribution in [2.24, 2.45) is 11.8 Å². The van der Waals surface area contributed by atoms with Crippen molar-refractivity contribution in [2.45, 2.75) is 87.7 Å². The number of carbonyl (C=O) groups excluding carboxylic acids is 4. The third-order valence-electron chi connectivity index (χ3n) is 9.79. The molecule has 0 aromatic heterocycles. The number of hydrogen-bond donors (Lipinski definition) is 2. The molecule has 3 fully saturated rings. The van der Waals surface area contributed by atoms with Gasteiger partial charge in [0.15, 0.2) is 0 Å². The first-order valence-corrected chi connectivity index (χ1v) is 15.6. The first kappa shape index (κ1) is 29.6. The number of allylic oxidation sites excluding steroid dienone is 1. The highest BCUT2D eigenvalue weighted by atomic mass is 16.5. The largest absolute Gasteiger partial charge is 0.463 e. The maximum atomic E-state index is 14.5. The maximum Gasteiger partial charge on any atom is 0.306 e. The van der Waals surface area contributed by atoms with Gasteiger partial charge in [-0.25, -0.2) is 0 Å². The van der Waals surface area contributed by atoms with Crippen LogP contribution in [0.5, 0.6) is 0 Å². The standard InChI is InChI=1S/C33H41N3O7/c1-21(19-37)36-29-32(41)35(23-13-6-3-7-14-23)18-10-17-33(29)28(31(36)40)27-25(43-33)15-8-9-16-26(38)42-20-24(34-30(27)39)22-11-4-2-5-12-22/h2,4-5,8,10-12,15,17,21,23-25,27-29,37H,3,6-7,9,13-14,16,18-20H2,1H3,(H,34,39)/b15-8-/t21-,24-,25+,27-,28-,29+,33-/m1/s1. The molecule has 0 bridgehead atoms. The fourth-order valence-electron chi connectivity index (χ4n) is 7.68. The lowest BCUT2D eigenvalue weighted by atomic mass is 9.77. The Morgan fingerprint density at radius 3 is 2.56 bits per heavy atom. The average Bonchev–Trinajstić information content (AvgIpc) is 3.42. The zero-order chi connectivity index (χ0) is 30.1. The summed E-state index contributed by atoms with van der Waals surface area (Å²) in [6.07, 6.45) is 12.1. The van der Waals surface area contributed by atoms with Crippen LogP contribution < -0.4 is 5.32 Å². The summed E-state index contributed by atoms with van der Waals surface area (Å²) < 4.78 is 12.3. The molecule has 1 aromatic rings. The highest BCUT2D eigenvalue weighted by Gasteiger charge is 2.72. The van der Waals surface area contributed by atoms with Gasteiger partial charge in [0, 0.05) is 19.0 Å². The lowest BCUT2D eigenvalue weighted by molar-refractivity contribution is -0.152. The van der Waals surface area contributed by atoms with Crippen LogP contribution in [0.1, 0.15) is 63.5 Å². The molecule has 2 N–H and O–H groups in total. The van der Waals surface area contributed by atoms with Gasteiger partial charge in [-0.15, -0.1) is 0 Å². The Hall–Kier alpha value is -3.50. The molecule has 4 aliphatic heterocycles. The lowest BCUT2D eigenvalue weighted by Crippen LogP contribution is -2.59. The van der Waals surface area contributed by atoms with Crippen LogP contribution in [0.3, 0.4) is 0 Å². The van der Waals surface area contributed by atoms with E-state index in [0.29, 0.717) is 13.0 Å². The van der Waals surface area contributed by atoms with Crippen molar-refractivity contribution in [3.05, 3.63) is 60.2 Å².